The van der Waals surface area contributed by atoms with Crippen LogP contribution >= 0.6 is 24.0 Å². The summed E-state index contributed by atoms with van der Waals surface area (Å²) in [5.74, 6) is 2.03. The van der Waals surface area contributed by atoms with Crippen molar-refractivity contribution in [1.82, 2.24) is 15.5 Å². The molecule has 0 fully saturated rings. The van der Waals surface area contributed by atoms with E-state index in [4.69, 9.17) is 9.47 Å². The molecule has 0 saturated carbocycles. The Labute approximate surface area is 194 Å². The fourth-order valence-corrected chi connectivity index (χ4v) is 3.07. The van der Waals surface area contributed by atoms with Crippen molar-refractivity contribution in [2.75, 3.05) is 33.8 Å². The van der Waals surface area contributed by atoms with E-state index in [1.54, 1.807) is 6.07 Å². The Morgan fingerprint density at radius 1 is 1.17 bits per heavy atom. The van der Waals surface area contributed by atoms with Crippen LogP contribution in [0.4, 0.5) is 4.39 Å². The largest absolute Gasteiger partial charge is 0.486 e. The molecule has 1 aliphatic rings. The molecule has 30 heavy (non-hydrogen) atoms. The number of para-hydroxylation sites is 2. The summed E-state index contributed by atoms with van der Waals surface area (Å²) in [5.41, 5.74) is 1.64. The van der Waals surface area contributed by atoms with Gasteiger partial charge in [0.2, 0.25) is 0 Å². The van der Waals surface area contributed by atoms with Gasteiger partial charge in [-0.1, -0.05) is 18.2 Å². The highest BCUT2D eigenvalue weighted by Crippen LogP contribution is 2.30. The lowest BCUT2D eigenvalue weighted by Crippen LogP contribution is -2.45. The number of ether oxygens (including phenoxy) is 2. The van der Waals surface area contributed by atoms with Gasteiger partial charge in [0.1, 0.15) is 18.5 Å². The molecule has 0 bridgehead atoms. The Hall–Kier alpha value is -2.07. The van der Waals surface area contributed by atoms with E-state index >= 15 is 0 Å². The van der Waals surface area contributed by atoms with Gasteiger partial charge < -0.3 is 25.0 Å². The van der Waals surface area contributed by atoms with E-state index in [-0.39, 0.29) is 35.9 Å². The molecule has 1 aliphatic heterocycles. The Kier molecular flexibility index (Phi) is 9.64. The van der Waals surface area contributed by atoms with Gasteiger partial charge in [-0.3, -0.25) is 0 Å². The van der Waals surface area contributed by atoms with Gasteiger partial charge in [-0.25, -0.2) is 9.38 Å². The Bertz CT molecular complexity index is 848. The molecule has 3 rings (SSSR count). The summed E-state index contributed by atoms with van der Waals surface area (Å²) >= 11 is 0. The standard InChI is InChI=1S/C22H29FN4O2.HI/c1-4-24-22(25-12-16-9-10-19(23)17(11-16)14-27(2)3)26-13-18-15-28-20-7-5-6-8-21(20)29-18;/h5-11,18H,4,12-15H2,1-3H3,(H2,24,25,26);1H. The van der Waals surface area contributed by atoms with Gasteiger partial charge >= 0.3 is 0 Å². The molecular formula is C22H30FIN4O2. The van der Waals surface area contributed by atoms with E-state index in [1.165, 1.54) is 6.07 Å². The van der Waals surface area contributed by atoms with Crippen LogP contribution in [0.2, 0.25) is 0 Å². The number of hydrogen-bond acceptors (Lipinski definition) is 4. The van der Waals surface area contributed by atoms with Crippen LogP contribution in [0.25, 0.3) is 0 Å². The van der Waals surface area contributed by atoms with Gasteiger partial charge in [0.05, 0.1) is 13.1 Å². The summed E-state index contributed by atoms with van der Waals surface area (Å²) in [6.07, 6.45) is -0.105. The number of halogens is 2. The molecular weight excluding hydrogens is 498 g/mol. The number of rotatable bonds is 7. The molecule has 2 N–H and O–H groups in total. The minimum Gasteiger partial charge on any atom is -0.486 e. The van der Waals surface area contributed by atoms with Crippen molar-refractivity contribution < 1.29 is 13.9 Å². The molecule has 0 amide bonds. The topological polar surface area (TPSA) is 58.1 Å². The van der Waals surface area contributed by atoms with E-state index in [9.17, 15) is 4.39 Å². The molecule has 0 spiro atoms. The third-order valence-electron chi connectivity index (χ3n) is 4.43. The Morgan fingerprint density at radius 2 is 1.93 bits per heavy atom. The molecule has 6 nitrogen and oxygen atoms in total. The zero-order valence-electron chi connectivity index (χ0n) is 17.7. The van der Waals surface area contributed by atoms with E-state index < -0.39 is 0 Å². The second-order valence-corrected chi connectivity index (χ2v) is 7.24. The van der Waals surface area contributed by atoms with Crippen LogP contribution in [0, 0.1) is 5.82 Å². The highest BCUT2D eigenvalue weighted by atomic mass is 127. The van der Waals surface area contributed by atoms with Gasteiger partial charge in [-0.05, 0) is 50.8 Å². The lowest BCUT2D eigenvalue weighted by Gasteiger charge is -2.27. The number of hydrogen-bond donors (Lipinski definition) is 2. The van der Waals surface area contributed by atoms with Crippen molar-refractivity contribution in [3.63, 3.8) is 0 Å². The molecule has 1 heterocycles. The van der Waals surface area contributed by atoms with Crippen molar-refractivity contribution in [3.05, 3.63) is 59.4 Å². The Balaban J connectivity index is 0.00000320. The highest BCUT2D eigenvalue weighted by Gasteiger charge is 2.20. The summed E-state index contributed by atoms with van der Waals surface area (Å²) in [6, 6.07) is 12.8. The van der Waals surface area contributed by atoms with E-state index in [2.05, 4.69) is 15.6 Å². The molecule has 0 aliphatic carbocycles. The quantitative estimate of drug-likeness (QED) is 0.328. The first kappa shape index (κ1) is 24.2. The fourth-order valence-electron chi connectivity index (χ4n) is 3.07. The number of benzene rings is 2. The molecule has 0 saturated heterocycles. The van der Waals surface area contributed by atoms with Crippen LogP contribution in [0.3, 0.4) is 0 Å². The predicted octanol–water partition coefficient (Wildman–Crippen LogP) is 3.40. The van der Waals surface area contributed by atoms with Gasteiger partial charge in [-0.2, -0.15) is 0 Å². The van der Waals surface area contributed by atoms with Gasteiger partial charge in [-0.15, -0.1) is 24.0 Å². The molecule has 1 unspecified atom stereocenters. The fraction of sp³-hybridized carbons (Fsp3) is 0.409. The zero-order valence-corrected chi connectivity index (χ0v) is 20.0. The van der Waals surface area contributed by atoms with Crippen LogP contribution in [0.5, 0.6) is 11.5 Å². The zero-order chi connectivity index (χ0) is 20.6. The SMILES string of the molecule is CCNC(=NCc1ccc(F)c(CN(C)C)c1)NCC1COc2ccccc2O1.I. The summed E-state index contributed by atoms with van der Waals surface area (Å²) < 4.78 is 25.7. The second kappa shape index (κ2) is 11.9. The lowest BCUT2D eigenvalue weighted by atomic mass is 10.1. The molecule has 1 atom stereocenters. The van der Waals surface area contributed by atoms with Gasteiger partial charge in [0.15, 0.2) is 17.5 Å². The highest BCUT2D eigenvalue weighted by molar-refractivity contribution is 14.0. The third kappa shape index (κ3) is 7.02. The molecule has 8 heteroatoms. The predicted molar refractivity (Wildman–Crippen MR) is 128 cm³/mol. The van der Waals surface area contributed by atoms with Crippen LogP contribution in [0.1, 0.15) is 18.1 Å². The normalized spacial score (nSPS) is 15.5. The van der Waals surface area contributed by atoms with Crippen LogP contribution in [-0.2, 0) is 13.1 Å². The van der Waals surface area contributed by atoms with Crippen molar-refractivity contribution >= 4 is 29.9 Å². The number of guanidine groups is 1. The average molecular weight is 528 g/mol. The number of nitrogens with zero attached hydrogens (tertiary/aromatic N) is 2. The molecule has 0 radical (unpaired) electrons. The molecule has 164 valence electrons. The van der Waals surface area contributed by atoms with Crippen molar-refractivity contribution in [2.24, 2.45) is 4.99 Å². The van der Waals surface area contributed by atoms with Crippen molar-refractivity contribution in [2.45, 2.75) is 26.1 Å². The first-order valence-corrected chi connectivity index (χ1v) is 9.88. The van der Waals surface area contributed by atoms with Crippen molar-refractivity contribution in [1.29, 1.82) is 0 Å². The molecule has 0 aromatic heterocycles. The minimum absolute atomic E-state index is 0. The van der Waals surface area contributed by atoms with Crippen LogP contribution in [-0.4, -0.2) is 50.8 Å². The number of fused-ring (bicyclic) bond motifs is 1. The summed E-state index contributed by atoms with van der Waals surface area (Å²) in [7, 11) is 3.85. The maximum absolute atomic E-state index is 14.0. The van der Waals surface area contributed by atoms with Crippen LogP contribution < -0.4 is 20.1 Å². The third-order valence-corrected chi connectivity index (χ3v) is 4.43. The minimum atomic E-state index is -0.189. The summed E-state index contributed by atoms with van der Waals surface area (Å²) in [6.45, 7) is 4.82. The summed E-state index contributed by atoms with van der Waals surface area (Å²) in [5, 5.41) is 6.53. The number of nitrogens with one attached hydrogen (secondary N) is 2. The van der Waals surface area contributed by atoms with E-state index in [1.807, 2.05) is 56.3 Å². The average Bonchev–Trinajstić information content (AvgIpc) is 2.71. The molecule has 2 aromatic rings. The van der Waals surface area contributed by atoms with E-state index in [0.29, 0.717) is 37.8 Å². The van der Waals surface area contributed by atoms with Gasteiger partial charge in [0, 0.05) is 18.7 Å². The van der Waals surface area contributed by atoms with E-state index in [0.717, 1.165) is 23.6 Å². The van der Waals surface area contributed by atoms with Gasteiger partial charge in [0.25, 0.3) is 0 Å². The summed E-state index contributed by atoms with van der Waals surface area (Å²) in [4.78, 5) is 6.57. The monoisotopic (exact) mass is 528 g/mol. The van der Waals surface area contributed by atoms with Crippen molar-refractivity contribution in [3.8, 4) is 11.5 Å². The molecule has 2 aromatic carbocycles. The second-order valence-electron chi connectivity index (χ2n) is 7.24. The first-order valence-electron chi connectivity index (χ1n) is 9.88. The Morgan fingerprint density at radius 3 is 2.67 bits per heavy atom. The van der Waals surface area contributed by atoms with Crippen LogP contribution in [0.15, 0.2) is 47.5 Å². The number of aliphatic imine (C=N–C) groups is 1. The smallest absolute Gasteiger partial charge is 0.191 e. The maximum atomic E-state index is 14.0. The maximum Gasteiger partial charge on any atom is 0.191 e. The first-order chi connectivity index (χ1) is 14.0. The lowest BCUT2D eigenvalue weighted by molar-refractivity contribution is 0.0936.